The number of aromatic hydroxyl groups is 1. The van der Waals surface area contributed by atoms with E-state index in [4.69, 9.17) is 0 Å². The normalized spacial score (nSPS) is 17.1. The van der Waals surface area contributed by atoms with E-state index < -0.39 is 0 Å². The summed E-state index contributed by atoms with van der Waals surface area (Å²) in [6, 6.07) is 5.24. The number of nitrogens with one attached hydrogen (secondary N) is 1. The molecule has 4 nitrogen and oxygen atoms in total. The molecule has 1 aromatic carbocycles. The summed E-state index contributed by atoms with van der Waals surface area (Å²) >= 11 is 0. The van der Waals surface area contributed by atoms with E-state index in [9.17, 15) is 9.90 Å². The molecule has 1 aliphatic heterocycles. The number of hydrogen-bond donors (Lipinski definition) is 2. The van der Waals surface area contributed by atoms with Crippen LogP contribution < -0.4 is 5.32 Å². The van der Waals surface area contributed by atoms with Crippen LogP contribution in [0.5, 0.6) is 5.75 Å². The van der Waals surface area contributed by atoms with Crippen molar-refractivity contribution in [2.24, 2.45) is 5.92 Å². The van der Waals surface area contributed by atoms with Crippen molar-refractivity contribution in [3.8, 4) is 5.75 Å². The highest BCUT2D eigenvalue weighted by atomic mass is 16.3. The molecule has 110 valence electrons. The Labute approximate surface area is 120 Å². The molecule has 1 amide bonds. The first-order chi connectivity index (χ1) is 9.58. The predicted molar refractivity (Wildman–Crippen MR) is 80.0 cm³/mol. The number of hydrogen-bond acceptors (Lipinski definition) is 3. The van der Waals surface area contributed by atoms with Gasteiger partial charge < -0.3 is 15.3 Å². The van der Waals surface area contributed by atoms with Crippen LogP contribution in [0.2, 0.25) is 0 Å². The third-order valence-corrected chi connectivity index (χ3v) is 3.86. The van der Waals surface area contributed by atoms with Crippen LogP contribution in [-0.4, -0.2) is 42.1 Å². The Hall–Kier alpha value is -1.55. The molecule has 0 bridgehead atoms. The maximum absolute atomic E-state index is 12.1. The quantitative estimate of drug-likeness (QED) is 0.866. The molecule has 1 atom stereocenters. The Bertz CT molecular complexity index is 468. The summed E-state index contributed by atoms with van der Waals surface area (Å²) in [7, 11) is 0. The van der Waals surface area contributed by atoms with Gasteiger partial charge in [-0.2, -0.15) is 0 Å². The number of amides is 1. The van der Waals surface area contributed by atoms with Crippen LogP contribution in [-0.2, 0) is 0 Å². The SMILES string of the molecule is Cc1cccc(C(=O)NCC(C)CN2CCCC2)c1O. The topological polar surface area (TPSA) is 52.6 Å². The highest BCUT2D eigenvalue weighted by Crippen LogP contribution is 2.21. The second kappa shape index (κ2) is 6.75. The van der Waals surface area contributed by atoms with Gasteiger partial charge in [0, 0.05) is 13.1 Å². The molecule has 0 saturated carbocycles. The van der Waals surface area contributed by atoms with E-state index in [1.807, 2.05) is 0 Å². The summed E-state index contributed by atoms with van der Waals surface area (Å²) in [5, 5.41) is 12.8. The van der Waals surface area contributed by atoms with Gasteiger partial charge in [0.15, 0.2) is 0 Å². The van der Waals surface area contributed by atoms with Gasteiger partial charge in [-0.1, -0.05) is 19.1 Å². The molecule has 0 aliphatic carbocycles. The van der Waals surface area contributed by atoms with Crippen molar-refractivity contribution in [1.29, 1.82) is 0 Å². The lowest BCUT2D eigenvalue weighted by atomic mass is 10.1. The van der Waals surface area contributed by atoms with Crippen LogP contribution in [0.25, 0.3) is 0 Å². The summed E-state index contributed by atoms with van der Waals surface area (Å²) in [6.45, 7) is 7.97. The molecular weight excluding hydrogens is 252 g/mol. The lowest BCUT2D eigenvalue weighted by Crippen LogP contribution is -2.34. The van der Waals surface area contributed by atoms with Crippen LogP contribution in [0.3, 0.4) is 0 Å². The molecule has 2 N–H and O–H groups in total. The molecule has 1 aliphatic rings. The number of likely N-dealkylation sites (tertiary alicyclic amines) is 1. The minimum atomic E-state index is -0.195. The highest BCUT2D eigenvalue weighted by molar-refractivity contribution is 5.97. The third kappa shape index (κ3) is 3.73. The Balaban J connectivity index is 1.83. The van der Waals surface area contributed by atoms with E-state index in [0.717, 1.165) is 12.1 Å². The van der Waals surface area contributed by atoms with Gasteiger partial charge in [-0.25, -0.2) is 0 Å². The van der Waals surface area contributed by atoms with E-state index in [0.29, 0.717) is 18.0 Å². The zero-order chi connectivity index (χ0) is 14.5. The van der Waals surface area contributed by atoms with Gasteiger partial charge in [0.05, 0.1) is 5.56 Å². The smallest absolute Gasteiger partial charge is 0.255 e. The predicted octanol–water partition coefficient (Wildman–Crippen LogP) is 2.16. The van der Waals surface area contributed by atoms with Gasteiger partial charge in [-0.05, 0) is 50.4 Å². The standard InChI is InChI=1S/C16H24N2O2/c1-12(11-18-8-3-4-9-18)10-17-16(20)14-7-5-6-13(2)15(14)19/h5-7,12,19H,3-4,8-11H2,1-2H3,(H,17,20). The maximum Gasteiger partial charge on any atom is 0.255 e. The minimum Gasteiger partial charge on any atom is -0.507 e. The van der Waals surface area contributed by atoms with Gasteiger partial charge in [0.1, 0.15) is 5.75 Å². The van der Waals surface area contributed by atoms with E-state index in [1.54, 1.807) is 25.1 Å². The second-order valence-electron chi connectivity index (χ2n) is 5.79. The molecule has 1 fully saturated rings. The van der Waals surface area contributed by atoms with Crippen LogP contribution in [0, 0.1) is 12.8 Å². The highest BCUT2D eigenvalue weighted by Gasteiger charge is 2.16. The van der Waals surface area contributed by atoms with Gasteiger partial charge in [-0.3, -0.25) is 4.79 Å². The summed E-state index contributed by atoms with van der Waals surface area (Å²) in [6.07, 6.45) is 2.58. The van der Waals surface area contributed by atoms with Crippen molar-refractivity contribution >= 4 is 5.91 Å². The van der Waals surface area contributed by atoms with Crippen molar-refractivity contribution in [2.45, 2.75) is 26.7 Å². The van der Waals surface area contributed by atoms with Crippen LogP contribution in [0.1, 0.15) is 35.7 Å². The van der Waals surface area contributed by atoms with E-state index in [1.165, 1.54) is 25.9 Å². The summed E-state index contributed by atoms with van der Waals surface area (Å²) in [5.41, 5.74) is 1.08. The Morgan fingerprint density at radius 2 is 2.10 bits per heavy atom. The van der Waals surface area contributed by atoms with Crippen LogP contribution in [0.4, 0.5) is 0 Å². The average Bonchev–Trinajstić information content (AvgIpc) is 2.92. The molecular formula is C16H24N2O2. The fourth-order valence-corrected chi connectivity index (χ4v) is 2.67. The molecule has 4 heteroatoms. The summed E-state index contributed by atoms with van der Waals surface area (Å²) < 4.78 is 0. The van der Waals surface area contributed by atoms with E-state index in [2.05, 4.69) is 17.1 Å². The molecule has 1 unspecified atom stereocenters. The molecule has 1 heterocycles. The minimum absolute atomic E-state index is 0.0807. The average molecular weight is 276 g/mol. The van der Waals surface area contributed by atoms with Crippen molar-refractivity contribution in [3.63, 3.8) is 0 Å². The van der Waals surface area contributed by atoms with Gasteiger partial charge in [-0.15, -0.1) is 0 Å². The zero-order valence-corrected chi connectivity index (χ0v) is 12.4. The van der Waals surface area contributed by atoms with Gasteiger partial charge in [0.2, 0.25) is 0 Å². The lowest BCUT2D eigenvalue weighted by molar-refractivity contribution is 0.0942. The molecule has 20 heavy (non-hydrogen) atoms. The number of carbonyl (C=O) groups excluding carboxylic acids is 1. The van der Waals surface area contributed by atoms with Crippen LogP contribution >= 0.6 is 0 Å². The van der Waals surface area contributed by atoms with E-state index in [-0.39, 0.29) is 11.7 Å². The Kier molecular flexibility index (Phi) is 5.01. The Morgan fingerprint density at radius 3 is 2.80 bits per heavy atom. The monoisotopic (exact) mass is 276 g/mol. The number of rotatable bonds is 5. The fraction of sp³-hybridized carbons (Fsp3) is 0.562. The summed E-state index contributed by atoms with van der Waals surface area (Å²) in [5.74, 6) is 0.306. The van der Waals surface area contributed by atoms with E-state index >= 15 is 0 Å². The largest absolute Gasteiger partial charge is 0.507 e. The number of phenolic OH excluding ortho intramolecular Hbond substituents is 1. The number of phenols is 1. The number of benzene rings is 1. The number of para-hydroxylation sites is 1. The van der Waals surface area contributed by atoms with Gasteiger partial charge >= 0.3 is 0 Å². The van der Waals surface area contributed by atoms with Crippen molar-refractivity contribution < 1.29 is 9.90 Å². The molecule has 0 aromatic heterocycles. The Morgan fingerprint density at radius 1 is 1.40 bits per heavy atom. The van der Waals surface area contributed by atoms with Crippen molar-refractivity contribution in [3.05, 3.63) is 29.3 Å². The number of nitrogens with zero attached hydrogens (tertiary/aromatic N) is 1. The number of carbonyl (C=O) groups is 1. The first-order valence-corrected chi connectivity index (χ1v) is 7.37. The lowest BCUT2D eigenvalue weighted by Gasteiger charge is -2.20. The molecule has 1 saturated heterocycles. The second-order valence-corrected chi connectivity index (χ2v) is 5.79. The van der Waals surface area contributed by atoms with Gasteiger partial charge in [0.25, 0.3) is 5.91 Å². The summed E-state index contributed by atoms with van der Waals surface area (Å²) in [4.78, 5) is 14.5. The first-order valence-electron chi connectivity index (χ1n) is 7.37. The first kappa shape index (κ1) is 14.9. The number of aryl methyl sites for hydroxylation is 1. The third-order valence-electron chi connectivity index (χ3n) is 3.86. The fourth-order valence-electron chi connectivity index (χ4n) is 2.67. The van der Waals surface area contributed by atoms with Crippen molar-refractivity contribution in [2.75, 3.05) is 26.2 Å². The molecule has 0 radical (unpaired) electrons. The molecule has 2 rings (SSSR count). The van der Waals surface area contributed by atoms with Crippen molar-refractivity contribution in [1.82, 2.24) is 10.2 Å². The van der Waals surface area contributed by atoms with Crippen LogP contribution in [0.15, 0.2) is 18.2 Å². The molecule has 1 aromatic rings. The maximum atomic E-state index is 12.1. The molecule has 0 spiro atoms. The zero-order valence-electron chi connectivity index (χ0n) is 12.4.